The quantitative estimate of drug-likeness (QED) is 0.370. The molecule has 0 saturated carbocycles. The Hall–Kier alpha value is -3.65. The monoisotopic (exact) mass is 434 g/mol. The van der Waals surface area contributed by atoms with Crippen molar-refractivity contribution in [3.8, 4) is 11.5 Å². The summed E-state index contributed by atoms with van der Waals surface area (Å²) < 4.78 is 5.71. The molecule has 0 spiro atoms. The molecule has 0 bridgehead atoms. The van der Waals surface area contributed by atoms with E-state index in [1.807, 2.05) is 6.92 Å². The van der Waals surface area contributed by atoms with Crippen LogP contribution in [0.5, 0.6) is 11.5 Å². The molecule has 1 aromatic heterocycles. The second-order valence-electron chi connectivity index (χ2n) is 7.53. The topological polar surface area (TPSA) is 100.0 Å². The molecular weight excluding hydrogens is 416 g/mol. The molecule has 0 unspecified atom stereocenters. The fraction of sp³-hybridized carbons (Fsp3) is 0.174. The number of phenolic OH excluding ortho intramolecular Hbond substituents is 1. The van der Waals surface area contributed by atoms with E-state index in [9.17, 15) is 19.8 Å². The lowest BCUT2D eigenvalue weighted by molar-refractivity contribution is -0.132. The molecule has 1 saturated heterocycles. The summed E-state index contributed by atoms with van der Waals surface area (Å²) in [5, 5.41) is 23.2. The summed E-state index contributed by atoms with van der Waals surface area (Å²) in [7, 11) is 0. The maximum Gasteiger partial charge on any atom is 0.301 e. The third-order valence-electron chi connectivity index (χ3n) is 5.43. The normalized spacial score (nSPS) is 21.9. The van der Waals surface area contributed by atoms with Gasteiger partial charge in [-0.3, -0.25) is 14.5 Å². The maximum atomic E-state index is 13.1. The van der Waals surface area contributed by atoms with Gasteiger partial charge in [-0.1, -0.05) is 12.1 Å². The molecule has 0 radical (unpaired) electrons. The molecular formula is C23H18N2O5S. The Morgan fingerprint density at radius 3 is 2.81 bits per heavy atom. The molecule has 1 fully saturated rings. The number of thiazole rings is 1. The number of aromatic nitrogens is 1. The summed E-state index contributed by atoms with van der Waals surface area (Å²) in [5.41, 5.74) is 1.81. The Labute approximate surface area is 181 Å². The van der Waals surface area contributed by atoms with E-state index in [4.69, 9.17) is 4.74 Å². The molecule has 5 rings (SSSR count). The van der Waals surface area contributed by atoms with Gasteiger partial charge in [-0.05, 0) is 48.4 Å². The van der Waals surface area contributed by atoms with E-state index in [1.165, 1.54) is 28.4 Å². The molecule has 1 amide bonds. The van der Waals surface area contributed by atoms with Gasteiger partial charge < -0.3 is 14.9 Å². The van der Waals surface area contributed by atoms with Gasteiger partial charge >= 0.3 is 5.91 Å². The molecule has 2 aromatic carbocycles. The average molecular weight is 434 g/mol. The molecule has 3 aromatic rings. The highest BCUT2D eigenvalue weighted by atomic mass is 32.1. The summed E-state index contributed by atoms with van der Waals surface area (Å²) >= 11 is 1.21. The molecule has 8 heteroatoms. The molecule has 2 aliphatic heterocycles. The molecule has 31 heavy (non-hydrogen) atoms. The van der Waals surface area contributed by atoms with E-state index < -0.39 is 17.7 Å². The van der Waals surface area contributed by atoms with Crippen LogP contribution in [0.15, 0.2) is 59.6 Å². The zero-order chi connectivity index (χ0) is 21.7. The van der Waals surface area contributed by atoms with Gasteiger partial charge in [0.15, 0.2) is 5.13 Å². The number of hydrogen-bond acceptors (Lipinski definition) is 7. The largest absolute Gasteiger partial charge is 0.508 e. The fourth-order valence-corrected chi connectivity index (χ4v) is 4.77. The number of rotatable bonds is 3. The summed E-state index contributed by atoms with van der Waals surface area (Å²) in [4.78, 5) is 31.5. The number of aliphatic hydroxyl groups excluding tert-OH is 1. The molecule has 156 valence electrons. The lowest BCUT2D eigenvalue weighted by Crippen LogP contribution is -2.29. The number of anilines is 1. The van der Waals surface area contributed by atoms with Gasteiger partial charge in [0.05, 0.1) is 11.6 Å². The number of fused-ring (bicyclic) bond motifs is 1. The predicted molar refractivity (Wildman–Crippen MR) is 115 cm³/mol. The SMILES string of the molecule is C[C@H]1Cc2cc(C(O)=C3C(=O)C(=O)N(c4nccs4)[C@@H]3c3cccc(O)c3)ccc2O1. The Morgan fingerprint density at radius 1 is 1.23 bits per heavy atom. The summed E-state index contributed by atoms with van der Waals surface area (Å²) in [6.45, 7) is 1.96. The van der Waals surface area contributed by atoms with Crippen LogP contribution in [0.25, 0.3) is 5.76 Å². The van der Waals surface area contributed by atoms with Crippen molar-refractivity contribution < 1.29 is 24.5 Å². The van der Waals surface area contributed by atoms with Crippen LogP contribution in [-0.4, -0.2) is 33.0 Å². The maximum absolute atomic E-state index is 13.1. The summed E-state index contributed by atoms with van der Waals surface area (Å²) in [6, 6.07) is 10.6. The van der Waals surface area contributed by atoms with Crippen LogP contribution in [0.4, 0.5) is 5.13 Å². The molecule has 7 nitrogen and oxygen atoms in total. The third-order valence-corrected chi connectivity index (χ3v) is 6.20. The zero-order valence-electron chi connectivity index (χ0n) is 16.5. The van der Waals surface area contributed by atoms with Gasteiger partial charge in [0.2, 0.25) is 0 Å². The minimum atomic E-state index is -0.915. The summed E-state index contributed by atoms with van der Waals surface area (Å²) in [5.74, 6) is -1.11. The average Bonchev–Trinajstić information content (AvgIpc) is 3.45. The van der Waals surface area contributed by atoms with E-state index >= 15 is 0 Å². The van der Waals surface area contributed by atoms with Gasteiger partial charge in [0.25, 0.3) is 5.78 Å². The van der Waals surface area contributed by atoms with Crippen LogP contribution >= 0.6 is 11.3 Å². The highest BCUT2D eigenvalue weighted by Gasteiger charge is 2.48. The highest BCUT2D eigenvalue weighted by Crippen LogP contribution is 2.43. The van der Waals surface area contributed by atoms with E-state index in [1.54, 1.807) is 41.9 Å². The lowest BCUT2D eigenvalue weighted by Gasteiger charge is -2.23. The number of hydrogen-bond donors (Lipinski definition) is 2. The van der Waals surface area contributed by atoms with E-state index in [-0.39, 0.29) is 23.2 Å². The van der Waals surface area contributed by atoms with Crippen molar-refractivity contribution in [1.82, 2.24) is 4.98 Å². The number of benzene rings is 2. The second-order valence-corrected chi connectivity index (χ2v) is 8.41. The number of aromatic hydroxyl groups is 1. The van der Waals surface area contributed by atoms with Gasteiger partial charge in [0.1, 0.15) is 23.4 Å². The molecule has 3 heterocycles. The first kappa shape index (κ1) is 19.3. The molecule has 2 aliphatic rings. The van der Waals surface area contributed by atoms with Crippen molar-refractivity contribution in [3.63, 3.8) is 0 Å². The predicted octanol–water partition coefficient (Wildman–Crippen LogP) is 3.80. The van der Waals surface area contributed by atoms with Crippen LogP contribution in [0, 0.1) is 0 Å². The van der Waals surface area contributed by atoms with Gasteiger partial charge in [-0.25, -0.2) is 4.98 Å². The number of amides is 1. The Bertz CT molecular complexity index is 1230. The van der Waals surface area contributed by atoms with E-state index in [2.05, 4.69) is 4.98 Å². The number of aliphatic hydroxyl groups is 1. The Kier molecular flexibility index (Phi) is 4.51. The van der Waals surface area contributed by atoms with Gasteiger partial charge in [0, 0.05) is 23.6 Å². The van der Waals surface area contributed by atoms with Crippen molar-refractivity contribution in [2.75, 3.05) is 4.90 Å². The van der Waals surface area contributed by atoms with Crippen LogP contribution in [-0.2, 0) is 16.0 Å². The van der Waals surface area contributed by atoms with Gasteiger partial charge in [-0.2, -0.15) is 0 Å². The van der Waals surface area contributed by atoms with Gasteiger partial charge in [-0.15, -0.1) is 11.3 Å². The fourth-order valence-electron chi connectivity index (χ4n) is 4.10. The number of ketones is 1. The Morgan fingerprint density at radius 2 is 2.06 bits per heavy atom. The smallest absolute Gasteiger partial charge is 0.301 e. The number of ether oxygens (including phenoxy) is 1. The molecule has 2 atom stereocenters. The zero-order valence-corrected chi connectivity index (χ0v) is 17.3. The van der Waals surface area contributed by atoms with Crippen LogP contribution in [0.3, 0.4) is 0 Å². The summed E-state index contributed by atoms with van der Waals surface area (Å²) in [6.07, 6.45) is 2.27. The first-order valence-electron chi connectivity index (χ1n) is 9.73. The lowest BCUT2D eigenvalue weighted by atomic mass is 9.94. The minimum absolute atomic E-state index is 0.00843. The van der Waals surface area contributed by atoms with Crippen LogP contribution in [0.2, 0.25) is 0 Å². The van der Waals surface area contributed by atoms with E-state index in [0.29, 0.717) is 22.7 Å². The number of Topliss-reactive ketones (excluding diaryl/α,β-unsaturated/α-hetero) is 1. The van der Waals surface area contributed by atoms with Crippen molar-refractivity contribution in [1.29, 1.82) is 0 Å². The number of carbonyl (C=O) groups is 2. The minimum Gasteiger partial charge on any atom is -0.508 e. The number of nitrogens with zero attached hydrogens (tertiary/aromatic N) is 2. The Balaban J connectivity index is 1.69. The van der Waals surface area contributed by atoms with Crippen LogP contribution in [0.1, 0.15) is 29.7 Å². The first-order chi connectivity index (χ1) is 14.9. The molecule has 2 N–H and O–H groups in total. The van der Waals surface area contributed by atoms with Crippen LogP contribution < -0.4 is 9.64 Å². The second kappa shape index (κ2) is 7.24. The number of phenols is 1. The van der Waals surface area contributed by atoms with Crippen molar-refractivity contribution >= 4 is 33.9 Å². The third kappa shape index (κ3) is 3.16. The number of carbonyl (C=O) groups excluding carboxylic acids is 2. The highest BCUT2D eigenvalue weighted by molar-refractivity contribution is 7.14. The molecule has 0 aliphatic carbocycles. The standard InChI is InChI=1S/C23H18N2O5S/c1-12-9-15-10-14(5-6-17(15)30-12)20(27)18-19(13-3-2-4-16(26)11-13)25(22(29)21(18)28)23-24-7-8-31-23/h2-8,10-12,19,26-27H,9H2,1H3/t12-,19+/m0/s1. The van der Waals surface area contributed by atoms with E-state index in [0.717, 1.165) is 11.3 Å². The van der Waals surface area contributed by atoms with Crippen molar-refractivity contribution in [2.24, 2.45) is 0 Å². The van der Waals surface area contributed by atoms with Crippen molar-refractivity contribution in [2.45, 2.75) is 25.5 Å². The first-order valence-corrected chi connectivity index (χ1v) is 10.6. The van der Waals surface area contributed by atoms with Crippen molar-refractivity contribution in [3.05, 3.63) is 76.3 Å².